The smallest absolute Gasteiger partial charge is 0.0347 e. The van der Waals surface area contributed by atoms with Crippen LogP contribution in [0.15, 0.2) is 0 Å². The summed E-state index contributed by atoms with van der Waals surface area (Å²) in [7, 11) is 2.24. The summed E-state index contributed by atoms with van der Waals surface area (Å²) in [6.45, 7) is 9.29. The zero-order valence-electron chi connectivity index (χ0n) is 11.8. The van der Waals surface area contributed by atoms with Gasteiger partial charge in [0.15, 0.2) is 0 Å². The molecule has 2 rings (SSSR count). The summed E-state index contributed by atoms with van der Waals surface area (Å²) < 4.78 is 0. The van der Waals surface area contributed by atoms with Crippen molar-refractivity contribution in [3.05, 3.63) is 0 Å². The Labute approximate surface area is 106 Å². The summed E-state index contributed by atoms with van der Waals surface area (Å²) in [6.07, 6.45) is 5.17. The molecule has 100 valence electrons. The summed E-state index contributed by atoms with van der Waals surface area (Å²) in [6, 6.07) is 0.719. The molecule has 2 fully saturated rings. The van der Waals surface area contributed by atoms with Crippen LogP contribution in [-0.2, 0) is 0 Å². The van der Waals surface area contributed by atoms with Gasteiger partial charge in [-0.15, -0.1) is 0 Å². The monoisotopic (exact) mass is 239 g/mol. The van der Waals surface area contributed by atoms with E-state index in [0.29, 0.717) is 0 Å². The maximum atomic E-state index is 6.18. The van der Waals surface area contributed by atoms with E-state index in [-0.39, 0.29) is 5.54 Å². The van der Waals surface area contributed by atoms with E-state index in [4.69, 9.17) is 5.73 Å². The molecule has 0 spiro atoms. The zero-order chi connectivity index (χ0) is 12.5. The number of rotatable bonds is 2. The first-order valence-corrected chi connectivity index (χ1v) is 7.23. The molecule has 17 heavy (non-hydrogen) atoms. The zero-order valence-corrected chi connectivity index (χ0v) is 11.8. The summed E-state index contributed by atoms with van der Waals surface area (Å²) >= 11 is 0. The molecule has 2 aliphatic heterocycles. The Morgan fingerprint density at radius 1 is 1.24 bits per heavy atom. The van der Waals surface area contributed by atoms with Gasteiger partial charge in [0.05, 0.1) is 0 Å². The lowest BCUT2D eigenvalue weighted by Gasteiger charge is -2.43. The molecule has 2 N–H and O–H groups in total. The van der Waals surface area contributed by atoms with E-state index in [0.717, 1.165) is 18.5 Å². The Hall–Kier alpha value is -0.120. The quantitative estimate of drug-likeness (QED) is 0.793. The third kappa shape index (κ3) is 2.67. The minimum atomic E-state index is 0.287. The van der Waals surface area contributed by atoms with E-state index in [1.807, 2.05) is 0 Å². The third-order valence-corrected chi connectivity index (χ3v) is 4.91. The van der Waals surface area contributed by atoms with Gasteiger partial charge in [0, 0.05) is 24.7 Å². The van der Waals surface area contributed by atoms with Gasteiger partial charge in [-0.05, 0) is 58.7 Å². The van der Waals surface area contributed by atoms with Crippen LogP contribution in [0.3, 0.4) is 0 Å². The third-order valence-electron chi connectivity index (χ3n) is 4.91. The Balaban J connectivity index is 2.12. The van der Waals surface area contributed by atoms with Crippen LogP contribution in [0.5, 0.6) is 0 Å². The van der Waals surface area contributed by atoms with Crippen LogP contribution in [0, 0.1) is 5.92 Å². The van der Waals surface area contributed by atoms with Gasteiger partial charge in [0.25, 0.3) is 0 Å². The lowest BCUT2D eigenvalue weighted by atomic mass is 9.88. The van der Waals surface area contributed by atoms with Gasteiger partial charge in [-0.3, -0.25) is 4.90 Å². The number of hydrogen-bond acceptors (Lipinski definition) is 3. The summed E-state index contributed by atoms with van der Waals surface area (Å²) in [4.78, 5) is 5.19. The van der Waals surface area contributed by atoms with Crippen LogP contribution >= 0.6 is 0 Å². The molecular weight excluding hydrogens is 210 g/mol. The van der Waals surface area contributed by atoms with Crippen molar-refractivity contribution >= 4 is 0 Å². The minimum absolute atomic E-state index is 0.287. The molecular formula is C14H29N3. The Morgan fingerprint density at radius 2 is 2.00 bits per heavy atom. The standard InChI is InChI=1S/C14H29N3/c1-12-9-13(2)17(10-12)14(11-15)5-4-7-16(3)8-6-14/h12-13H,4-11,15H2,1-3H3. The van der Waals surface area contributed by atoms with Gasteiger partial charge in [0.2, 0.25) is 0 Å². The molecule has 2 saturated heterocycles. The highest BCUT2D eigenvalue weighted by Gasteiger charge is 2.42. The summed E-state index contributed by atoms with van der Waals surface area (Å²) in [5, 5.41) is 0. The fourth-order valence-electron chi connectivity index (χ4n) is 3.88. The summed E-state index contributed by atoms with van der Waals surface area (Å²) in [5.41, 5.74) is 6.47. The highest BCUT2D eigenvalue weighted by molar-refractivity contribution is 4.99. The molecule has 3 heteroatoms. The van der Waals surface area contributed by atoms with Crippen molar-refractivity contribution in [2.45, 2.75) is 51.1 Å². The van der Waals surface area contributed by atoms with Crippen LogP contribution in [0.25, 0.3) is 0 Å². The van der Waals surface area contributed by atoms with Gasteiger partial charge in [-0.2, -0.15) is 0 Å². The molecule has 0 amide bonds. The maximum absolute atomic E-state index is 6.18. The van der Waals surface area contributed by atoms with Crippen molar-refractivity contribution in [1.82, 2.24) is 9.80 Å². The highest BCUT2D eigenvalue weighted by atomic mass is 15.3. The molecule has 0 aromatic rings. The highest BCUT2D eigenvalue weighted by Crippen LogP contribution is 2.36. The van der Waals surface area contributed by atoms with Crippen molar-refractivity contribution < 1.29 is 0 Å². The van der Waals surface area contributed by atoms with Crippen LogP contribution in [0.1, 0.15) is 39.5 Å². The van der Waals surface area contributed by atoms with E-state index in [9.17, 15) is 0 Å². The first-order valence-electron chi connectivity index (χ1n) is 7.23. The van der Waals surface area contributed by atoms with Gasteiger partial charge in [0.1, 0.15) is 0 Å². The number of likely N-dealkylation sites (tertiary alicyclic amines) is 2. The Morgan fingerprint density at radius 3 is 2.59 bits per heavy atom. The maximum Gasteiger partial charge on any atom is 0.0347 e. The van der Waals surface area contributed by atoms with E-state index in [2.05, 4.69) is 30.7 Å². The normalized spacial score (nSPS) is 41.6. The fourth-order valence-corrected chi connectivity index (χ4v) is 3.88. The number of hydrogen-bond donors (Lipinski definition) is 1. The van der Waals surface area contributed by atoms with Crippen LogP contribution in [0.4, 0.5) is 0 Å². The van der Waals surface area contributed by atoms with E-state index in [1.54, 1.807) is 0 Å². The second kappa shape index (κ2) is 5.25. The number of nitrogens with zero attached hydrogens (tertiary/aromatic N) is 2. The molecule has 2 heterocycles. The molecule has 3 nitrogen and oxygen atoms in total. The molecule has 3 unspecified atom stereocenters. The van der Waals surface area contributed by atoms with E-state index >= 15 is 0 Å². The molecule has 0 aromatic carbocycles. The van der Waals surface area contributed by atoms with E-state index in [1.165, 1.54) is 45.3 Å². The molecule has 0 aromatic heterocycles. The lowest BCUT2D eigenvalue weighted by molar-refractivity contribution is 0.0703. The topological polar surface area (TPSA) is 32.5 Å². The molecule has 0 saturated carbocycles. The van der Waals surface area contributed by atoms with Gasteiger partial charge < -0.3 is 10.6 Å². The van der Waals surface area contributed by atoms with Crippen molar-refractivity contribution in [2.24, 2.45) is 11.7 Å². The van der Waals surface area contributed by atoms with Crippen LogP contribution < -0.4 is 5.73 Å². The molecule has 0 aliphatic carbocycles. The average Bonchev–Trinajstić information content (AvgIpc) is 2.52. The van der Waals surface area contributed by atoms with Crippen molar-refractivity contribution in [3.63, 3.8) is 0 Å². The lowest BCUT2D eigenvalue weighted by Crippen LogP contribution is -2.55. The SMILES string of the molecule is CC1CC(C)N(C2(CN)CCCN(C)CC2)C1. The van der Waals surface area contributed by atoms with Crippen LogP contribution in [0.2, 0.25) is 0 Å². The van der Waals surface area contributed by atoms with E-state index < -0.39 is 0 Å². The van der Waals surface area contributed by atoms with Crippen molar-refractivity contribution in [3.8, 4) is 0 Å². The predicted octanol–water partition coefficient (Wildman–Crippen LogP) is 1.53. The van der Waals surface area contributed by atoms with Crippen molar-refractivity contribution in [1.29, 1.82) is 0 Å². The van der Waals surface area contributed by atoms with Crippen molar-refractivity contribution in [2.75, 3.05) is 33.2 Å². The van der Waals surface area contributed by atoms with Gasteiger partial charge in [-0.25, -0.2) is 0 Å². The Bertz CT molecular complexity index is 256. The molecule has 0 radical (unpaired) electrons. The first-order chi connectivity index (χ1) is 8.07. The fraction of sp³-hybridized carbons (Fsp3) is 1.00. The molecule has 3 atom stereocenters. The average molecular weight is 239 g/mol. The Kier molecular flexibility index (Phi) is 4.11. The van der Waals surface area contributed by atoms with Crippen LogP contribution in [-0.4, -0.2) is 54.6 Å². The second-order valence-corrected chi connectivity index (χ2v) is 6.43. The van der Waals surface area contributed by atoms with Gasteiger partial charge >= 0.3 is 0 Å². The molecule has 0 bridgehead atoms. The predicted molar refractivity (Wildman–Crippen MR) is 73.1 cm³/mol. The minimum Gasteiger partial charge on any atom is -0.329 e. The van der Waals surface area contributed by atoms with Gasteiger partial charge in [-0.1, -0.05) is 6.92 Å². The molecule has 2 aliphatic rings. The second-order valence-electron chi connectivity index (χ2n) is 6.43. The summed E-state index contributed by atoms with van der Waals surface area (Å²) in [5.74, 6) is 0.842. The number of nitrogens with two attached hydrogens (primary N) is 1. The first kappa shape index (κ1) is 13.3. The largest absolute Gasteiger partial charge is 0.329 e.